The lowest BCUT2D eigenvalue weighted by atomic mass is 10.1. The summed E-state index contributed by atoms with van der Waals surface area (Å²) in [5.74, 6) is -0.135. The summed E-state index contributed by atoms with van der Waals surface area (Å²) in [5, 5.41) is 6.38. The normalized spacial score (nSPS) is 10.6. The van der Waals surface area contributed by atoms with Gasteiger partial charge in [0.15, 0.2) is 10.9 Å². The minimum absolute atomic E-state index is 0.0206. The number of unbranched alkanes of at least 4 members (excludes halogenated alkanes) is 1. The van der Waals surface area contributed by atoms with Gasteiger partial charge in [0.25, 0.3) is 5.91 Å². The molecule has 8 heteroatoms. The van der Waals surface area contributed by atoms with Crippen molar-refractivity contribution in [3.63, 3.8) is 0 Å². The van der Waals surface area contributed by atoms with E-state index in [4.69, 9.17) is 0 Å². The van der Waals surface area contributed by atoms with Crippen LogP contribution in [0.1, 0.15) is 47.4 Å². The molecule has 3 rings (SSSR count). The second-order valence-corrected chi connectivity index (χ2v) is 8.15. The van der Waals surface area contributed by atoms with E-state index in [-0.39, 0.29) is 23.4 Å². The number of carbonyl (C=O) groups is 3. The Hall–Kier alpha value is -3.39. The molecule has 0 unspecified atom stereocenters. The Labute approximate surface area is 191 Å². The number of imidazole rings is 1. The highest BCUT2D eigenvalue weighted by molar-refractivity contribution is 7.99. The van der Waals surface area contributed by atoms with Crippen molar-refractivity contribution in [3.05, 3.63) is 72.1 Å². The molecule has 166 valence electrons. The van der Waals surface area contributed by atoms with E-state index in [2.05, 4.69) is 22.5 Å². The monoisotopic (exact) mass is 450 g/mol. The Morgan fingerprint density at radius 2 is 1.84 bits per heavy atom. The van der Waals surface area contributed by atoms with Crippen LogP contribution >= 0.6 is 11.8 Å². The van der Waals surface area contributed by atoms with Crippen molar-refractivity contribution in [2.24, 2.45) is 0 Å². The van der Waals surface area contributed by atoms with Gasteiger partial charge in [0.2, 0.25) is 5.91 Å². The van der Waals surface area contributed by atoms with E-state index >= 15 is 0 Å². The number of Topliss-reactive ketones (excluding diaryl/α,β-unsaturated/α-hetero) is 1. The van der Waals surface area contributed by atoms with E-state index < -0.39 is 0 Å². The van der Waals surface area contributed by atoms with E-state index in [9.17, 15) is 14.4 Å². The van der Waals surface area contributed by atoms with Gasteiger partial charge in [-0.3, -0.25) is 19.0 Å². The molecule has 0 saturated carbocycles. The van der Waals surface area contributed by atoms with Crippen LogP contribution in [0.5, 0.6) is 0 Å². The summed E-state index contributed by atoms with van der Waals surface area (Å²) < 4.78 is 1.85. The van der Waals surface area contributed by atoms with E-state index in [1.54, 1.807) is 42.7 Å². The van der Waals surface area contributed by atoms with Gasteiger partial charge in [-0.15, -0.1) is 0 Å². The van der Waals surface area contributed by atoms with Gasteiger partial charge in [-0.1, -0.05) is 31.2 Å². The summed E-state index contributed by atoms with van der Waals surface area (Å²) >= 11 is 1.30. The standard InChI is InChI=1S/C24H26N4O3S/c1-3-4-12-25-23(31)19-6-5-7-21(15-19)28-14-13-26-24(28)32-16-22(30)27-20-10-8-18(9-11-20)17(2)29/h5-11,13-15H,3-4,12,16H2,1-2H3,(H,25,31)(H,27,30). The summed E-state index contributed by atoms with van der Waals surface area (Å²) in [4.78, 5) is 40.4. The van der Waals surface area contributed by atoms with Crippen LogP contribution in [0.2, 0.25) is 0 Å². The molecule has 0 radical (unpaired) electrons. The van der Waals surface area contributed by atoms with Gasteiger partial charge in [-0.05, 0) is 55.8 Å². The lowest BCUT2D eigenvalue weighted by Crippen LogP contribution is -2.24. The molecule has 7 nitrogen and oxygen atoms in total. The average molecular weight is 451 g/mol. The summed E-state index contributed by atoms with van der Waals surface area (Å²) in [6.07, 6.45) is 5.42. The van der Waals surface area contributed by atoms with Gasteiger partial charge >= 0.3 is 0 Å². The number of amides is 2. The Bertz CT molecular complexity index is 1090. The van der Waals surface area contributed by atoms with Gasteiger partial charge in [0, 0.05) is 41.4 Å². The number of hydrogen-bond acceptors (Lipinski definition) is 5. The number of nitrogens with one attached hydrogen (secondary N) is 2. The van der Waals surface area contributed by atoms with E-state index in [1.165, 1.54) is 18.7 Å². The minimum Gasteiger partial charge on any atom is -0.352 e. The first-order valence-electron chi connectivity index (χ1n) is 10.4. The third kappa shape index (κ3) is 6.31. The van der Waals surface area contributed by atoms with Crippen molar-refractivity contribution >= 4 is 35.0 Å². The van der Waals surface area contributed by atoms with Crippen LogP contribution in [-0.4, -0.2) is 39.4 Å². The molecule has 2 N–H and O–H groups in total. The smallest absolute Gasteiger partial charge is 0.251 e. The van der Waals surface area contributed by atoms with Crippen molar-refractivity contribution in [3.8, 4) is 5.69 Å². The van der Waals surface area contributed by atoms with Crippen molar-refractivity contribution < 1.29 is 14.4 Å². The molecule has 0 bridgehead atoms. The number of rotatable bonds is 10. The summed E-state index contributed by atoms with van der Waals surface area (Å²) in [6.45, 7) is 4.23. The number of carbonyl (C=O) groups excluding carboxylic acids is 3. The second-order valence-electron chi connectivity index (χ2n) is 7.21. The van der Waals surface area contributed by atoms with Crippen molar-refractivity contribution in [1.29, 1.82) is 0 Å². The SMILES string of the molecule is CCCCNC(=O)c1cccc(-n2ccnc2SCC(=O)Nc2ccc(C(C)=O)cc2)c1. The predicted molar refractivity (Wildman–Crippen MR) is 127 cm³/mol. The first kappa shape index (κ1) is 23.3. The second kappa shape index (κ2) is 11.3. The lowest BCUT2D eigenvalue weighted by molar-refractivity contribution is -0.113. The average Bonchev–Trinajstić information content (AvgIpc) is 3.27. The third-order valence-corrected chi connectivity index (χ3v) is 5.68. The molecular formula is C24H26N4O3S. The number of nitrogens with zero attached hydrogens (tertiary/aromatic N) is 2. The molecule has 1 aromatic heterocycles. The van der Waals surface area contributed by atoms with Gasteiger partial charge in [-0.2, -0.15) is 0 Å². The maximum atomic E-state index is 12.4. The van der Waals surface area contributed by atoms with Gasteiger partial charge in [0.1, 0.15) is 0 Å². The molecule has 0 aliphatic rings. The van der Waals surface area contributed by atoms with Gasteiger partial charge in [-0.25, -0.2) is 4.98 Å². The van der Waals surface area contributed by atoms with E-state index in [0.717, 1.165) is 18.5 Å². The third-order valence-electron chi connectivity index (χ3n) is 4.72. The predicted octanol–water partition coefficient (Wildman–Crippen LogP) is 4.34. The number of aromatic nitrogens is 2. The van der Waals surface area contributed by atoms with Crippen LogP contribution in [0.4, 0.5) is 5.69 Å². The van der Waals surface area contributed by atoms with Crippen molar-refractivity contribution in [2.45, 2.75) is 31.8 Å². The Kier molecular flexibility index (Phi) is 8.21. The molecule has 0 aliphatic heterocycles. The number of anilines is 1. The maximum Gasteiger partial charge on any atom is 0.251 e. The van der Waals surface area contributed by atoms with Crippen molar-refractivity contribution in [2.75, 3.05) is 17.6 Å². The van der Waals surface area contributed by atoms with Crippen LogP contribution in [0, 0.1) is 0 Å². The first-order chi connectivity index (χ1) is 15.5. The molecule has 0 fully saturated rings. The zero-order valence-electron chi connectivity index (χ0n) is 18.1. The van der Waals surface area contributed by atoms with Crippen LogP contribution < -0.4 is 10.6 Å². The van der Waals surface area contributed by atoms with Crippen molar-refractivity contribution in [1.82, 2.24) is 14.9 Å². The van der Waals surface area contributed by atoms with Crippen LogP contribution in [0.15, 0.2) is 66.1 Å². The Morgan fingerprint density at radius 3 is 2.56 bits per heavy atom. The molecule has 1 heterocycles. The minimum atomic E-state index is -0.177. The fourth-order valence-electron chi connectivity index (χ4n) is 2.99. The molecule has 2 amide bonds. The Morgan fingerprint density at radius 1 is 1.06 bits per heavy atom. The van der Waals surface area contributed by atoms with E-state index in [1.807, 2.05) is 22.8 Å². The molecule has 0 atom stereocenters. The van der Waals surface area contributed by atoms with Crippen LogP contribution in [-0.2, 0) is 4.79 Å². The highest BCUT2D eigenvalue weighted by Gasteiger charge is 2.12. The lowest BCUT2D eigenvalue weighted by Gasteiger charge is -2.10. The molecular weight excluding hydrogens is 424 g/mol. The highest BCUT2D eigenvalue weighted by atomic mass is 32.2. The zero-order valence-corrected chi connectivity index (χ0v) is 18.9. The fraction of sp³-hybridized carbons (Fsp3) is 0.250. The molecule has 3 aromatic rings. The molecule has 32 heavy (non-hydrogen) atoms. The van der Waals surface area contributed by atoms with Gasteiger partial charge < -0.3 is 10.6 Å². The summed E-state index contributed by atoms with van der Waals surface area (Å²) in [5.41, 5.74) is 2.61. The Balaban J connectivity index is 1.62. The number of ketones is 1. The summed E-state index contributed by atoms with van der Waals surface area (Å²) in [6, 6.07) is 14.1. The number of thioether (sulfide) groups is 1. The van der Waals surface area contributed by atoms with Crippen LogP contribution in [0.25, 0.3) is 5.69 Å². The topological polar surface area (TPSA) is 93.1 Å². The fourth-order valence-corrected chi connectivity index (χ4v) is 3.76. The maximum absolute atomic E-state index is 12.4. The molecule has 0 spiro atoms. The van der Waals surface area contributed by atoms with Crippen LogP contribution in [0.3, 0.4) is 0 Å². The quantitative estimate of drug-likeness (QED) is 0.272. The molecule has 2 aromatic carbocycles. The number of hydrogen-bond donors (Lipinski definition) is 2. The zero-order chi connectivity index (χ0) is 22.9. The molecule has 0 aliphatic carbocycles. The largest absolute Gasteiger partial charge is 0.352 e. The summed E-state index contributed by atoms with van der Waals surface area (Å²) in [7, 11) is 0. The van der Waals surface area contributed by atoms with E-state index in [0.29, 0.717) is 28.5 Å². The molecule has 0 saturated heterocycles. The first-order valence-corrected chi connectivity index (χ1v) is 11.4. The number of benzene rings is 2. The highest BCUT2D eigenvalue weighted by Crippen LogP contribution is 2.22. The van der Waals surface area contributed by atoms with Gasteiger partial charge in [0.05, 0.1) is 5.75 Å².